The molecule has 2 saturated heterocycles. The van der Waals surface area contributed by atoms with Crippen molar-refractivity contribution < 1.29 is 33.2 Å². The number of hydrogen-bond acceptors (Lipinski definition) is 9. The largest absolute Gasteiger partial charge is 0.394 e. The quantitative estimate of drug-likeness (QED) is 0.478. The van der Waals surface area contributed by atoms with Crippen LogP contribution in [0.1, 0.15) is 24.2 Å². The van der Waals surface area contributed by atoms with Crippen molar-refractivity contribution >= 4 is 0 Å². The molecule has 0 unspecified atom stereocenters. The first-order chi connectivity index (χ1) is 17.3. The van der Waals surface area contributed by atoms with E-state index in [9.17, 15) is 19.0 Å². The Morgan fingerprint density at radius 3 is 2.58 bits per heavy atom. The fourth-order valence-electron chi connectivity index (χ4n) is 4.71. The van der Waals surface area contributed by atoms with Crippen molar-refractivity contribution in [3.8, 4) is 11.3 Å². The number of methoxy groups -OCH3 is 1. The van der Waals surface area contributed by atoms with E-state index in [2.05, 4.69) is 20.6 Å². The van der Waals surface area contributed by atoms with Crippen LogP contribution in [0.3, 0.4) is 0 Å². The summed E-state index contributed by atoms with van der Waals surface area (Å²) in [4.78, 5) is 0. The molecule has 0 spiro atoms. The Hall–Kier alpha value is -2.84. The Morgan fingerprint density at radius 2 is 1.92 bits per heavy atom. The molecule has 36 heavy (non-hydrogen) atoms. The van der Waals surface area contributed by atoms with Crippen molar-refractivity contribution in [2.45, 2.75) is 56.3 Å². The fourth-order valence-corrected chi connectivity index (χ4v) is 4.71. The zero-order valence-corrected chi connectivity index (χ0v) is 20.1. The maximum absolute atomic E-state index is 14.6. The van der Waals surface area contributed by atoms with Gasteiger partial charge in [-0.15, -0.1) is 10.2 Å². The Kier molecular flexibility index (Phi) is 6.59. The molecule has 0 aliphatic carbocycles. The summed E-state index contributed by atoms with van der Waals surface area (Å²) in [6, 6.07) is 2.04. The van der Waals surface area contributed by atoms with E-state index in [4.69, 9.17) is 14.2 Å². The van der Waals surface area contributed by atoms with E-state index < -0.39 is 48.7 Å². The fraction of sp³-hybridized carbons (Fsp3) is 0.565. The van der Waals surface area contributed by atoms with Crippen LogP contribution in [0.2, 0.25) is 0 Å². The maximum Gasteiger partial charge on any atom is 0.168 e. The first kappa shape index (κ1) is 24.8. The number of aliphatic hydroxyl groups is 2. The summed E-state index contributed by atoms with van der Waals surface area (Å²) < 4.78 is 48.8. The molecule has 1 aromatic carbocycles. The third-order valence-corrected chi connectivity index (χ3v) is 6.93. The van der Waals surface area contributed by atoms with Crippen LogP contribution in [0, 0.1) is 18.6 Å². The Bertz CT molecular complexity index is 1230. The van der Waals surface area contributed by atoms with Crippen LogP contribution in [0.25, 0.3) is 11.3 Å². The third-order valence-electron chi connectivity index (χ3n) is 6.93. The van der Waals surface area contributed by atoms with Gasteiger partial charge in [-0.3, -0.25) is 0 Å². The summed E-state index contributed by atoms with van der Waals surface area (Å²) in [5.41, 5.74) is 0.593. The van der Waals surface area contributed by atoms with Gasteiger partial charge < -0.3 is 24.4 Å². The first-order valence-electron chi connectivity index (χ1n) is 11.6. The van der Waals surface area contributed by atoms with E-state index in [0.29, 0.717) is 18.9 Å². The Labute approximate surface area is 205 Å². The highest BCUT2D eigenvalue weighted by Gasteiger charge is 2.47. The summed E-state index contributed by atoms with van der Waals surface area (Å²) in [7, 11) is 1.47. The molecule has 2 aliphatic rings. The topological polar surface area (TPSA) is 130 Å². The minimum Gasteiger partial charge on any atom is -0.394 e. The molecule has 13 heteroatoms. The van der Waals surface area contributed by atoms with Gasteiger partial charge in [0.25, 0.3) is 0 Å². The molecule has 5 atom stereocenters. The number of hydrogen-bond donors (Lipinski definition) is 2. The first-order valence-corrected chi connectivity index (χ1v) is 11.6. The Balaban J connectivity index is 1.43. The molecule has 2 aliphatic heterocycles. The van der Waals surface area contributed by atoms with Crippen molar-refractivity contribution in [1.82, 2.24) is 30.0 Å². The summed E-state index contributed by atoms with van der Waals surface area (Å²) in [6.07, 6.45) is -0.00423. The number of aryl methyl sites for hydroxylation is 1. The molecule has 3 aromatic rings. The molecule has 0 radical (unpaired) electrons. The molecule has 2 N–H and O–H groups in total. The molecule has 0 amide bonds. The van der Waals surface area contributed by atoms with E-state index >= 15 is 0 Å². The van der Waals surface area contributed by atoms with E-state index in [1.807, 2.05) is 13.1 Å². The second kappa shape index (κ2) is 9.56. The van der Waals surface area contributed by atoms with Crippen molar-refractivity contribution in [3.05, 3.63) is 47.4 Å². The molecular formula is C23H28F2N6O5. The second-order valence-corrected chi connectivity index (χ2v) is 9.57. The van der Waals surface area contributed by atoms with Crippen molar-refractivity contribution in [2.75, 3.05) is 26.9 Å². The van der Waals surface area contributed by atoms with E-state index in [-0.39, 0.29) is 28.8 Å². The van der Waals surface area contributed by atoms with E-state index in [0.717, 1.165) is 0 Å². The van der Waals surface area contributed by atoms with Crippen LogP contribution in [-0.4, -0.2) is 91.5 Å². The molecule has 2 fully saturated rings. The highest BCUT2D eigenvalue weighted by molar-refractivity contribution is 5.59. The minimum absolute atomic E-state index is 0.0554. The molecule has 0 bridgehead atoms. The minimum atomic E-state index is -1.22. The van der Waals surface area contributed by atoms with Crippen LogP contribution in [0.4, 0.5) is 8.78 Å². The number of nitrogens with zero attached hydrogens (tertiary/aromatic N) is 6. The standard InChI is InChI=1S/C23H28F2N6O5/c1-12-4-5-14(19(25)18(12)24)15-8-30(28-27-15)20-21(33)17(9-32)36-16(22(20)34-3)6-13-7-31(29-26-13)23(2)10-35-11-23/h4-5,7-8,16-17,20-22,32-33H,6,9-11H2,1-3H3/t16-,17-,20+,21+,22+/m1/s1. The molecule has 4 heterocycles. The van der Waals surface area contributed by atoms with Gasteiger partial charge in [-0.05, 0) is 25.5 Å². The number of aliphatic hydroxyl groups excluding tert-OH is 2. The molecule has 0 saturated carbocycles. The molecular weight excluding hydrogens is 478 g/mol. The third kappa shape index (κ3) is 4.20. The number of rotatable bonds is 7. The summed E-state index contributed by atoms with van der Waals surface area (Å²) in [6.45, 7) is 4.11. The summed E-state index contributed by atoms with van der Waals surface area (Å²) in [5.74, 6) is -1.99. The van der Waals surface area contributed by atoms with Gasteiger partial charge in [0.1, 0.15) is 35.6 Å². The highest BCUT2D eigenvalue weighted by atomic mass is 19.2. The van der Waals surface area contributed by atoms with Gasteiger partial charge in [-0.2, -0.15) is 0 Å². The lowest BCUT2D eigenvalue weighted by Crippen LogP contribution is -2.57. The van der Waals surface area contributed by atoms with Crippen molar-refractivity contribution in [1.29, 1.82) is 0 Å². The normalized spacial score (nSPS) is 27.7. The van der Waals surface area contributed by atoms with Crippen molar-refractivity contribution in [3.63, 3.8) is 0 Å². The number of benzene rings is 1. The number of aromatic nitrogens is 6. The Morgan fingerprint density at radius 1 is 1.14 bits per heavy atom. The van der Waals surface area contributed by atoms with Crippen LogP contribution in [0.15, 0.2) is 24.5 Å². The molecule has 5 rings (SSSR count). The monoisotopic (exact) mass is 506 g/mol. The molecule has 2 aromatic heterocycles. The average Bonchev–Trinajstić information content (AvgIpc) is 3.52. The van der Waals surface area contributed by atoms with Crippen LogP contribution in [0.5, 0.6) is 0 Å². The molecule has 194 valence electrons. The zero-order chi connectivity index (χ0) is 25.6. The number of halogens is 2. The van der Waals surface area contributed by atoms with Gasteiger partial charge in [0, 0.05) is 25.3 Å². The van der Waals surface area contributed by atoms with E-state index in [1.165, 1.54) is 37.0 Å². The summed E-state index contributed by atoms with van der Waals surface area (Å²) >= 11 is 0. The van der Waals surface area contributed by atoms with Crippen LogP contribution >= 0.6 is 0 Å². The average molecular weight is 507 g/mol. The smallest absolute Gasteiger partial charge is 0.168 e. The second-order valence-electron chi connectivity index (χ2n) is 9.57. The van der Waals surface area contributed by atoms with Crippen LogP contribution in [-0.2, 0) is 26.2 Å². The van der Waals surface area contributed by atoms with E-state index in [1.54, 1.807) is 4.68 Å². The predicted octanol–water partition coefficient (Wildman–Crippen LogP) is 0.788. The molecule has 11 nitrogen and oxygen atoms in total. The van der Waals surface area contributed by atoms with Gasteiger partial charge in [0.05, 0.1) is 37.8 Å². The van der Waals surface area contributed by atoms with Gasteiger partial charge in [0.2, 0.25) is 0 Å². The SMILES string of the molecule is CO[C@@H]1[C@@H](n2cc(-c3ccc(C)c(F)c3F)nn2)[C@@H](O)[C@@H](CO)O[C@@H]1Cc1cn(C2(C)COC2)nn1. The lowest BCUT2D eigenvalue weighted by atomic mass is 9.90. The van der Waals surface area contributed by atoms with Gasteiger partial charge in [-0.25, -0.2) is 18.1 Å². The van der Waals surface area contributed by atoms with Gasteiger partial charge >= 0.3 is 0 Å². The predicted molar refractivity (Wildman–Crippen MR) is 120 cm³/mol. The lowest BCUT2D eigenvalue weighted by Gasteiger charge is -2.43. The zero-order valence-electron chi connectivity index (χ0n) is 20.1. The lowest BCUT2D eigenvalue weighted by molar-refractivity contribution is -0.212. The highest BCUT2D eigenvalue weighted by Crippen LogP contribution is 2.34. The van der Waals surface area contributed by atoms with Gasteiger partial charge in [0.15, 0.2) is 11.6 Å². The number of ether oxygens (including phenoxy) is 3. The summed E-state index contributed by atoms with van der Waals surface area (Å²) in [5, 5.41) is 37.4. The van der Waals surface area contributed by atoms with Gasteiger partial charge in [-0.1, -0.05) is 16.5 Å². The van der Waals surface area contributed by atoms with Crippen molar-refractivity contribution in [2.24, 2.45) is 0 Å². The maximum atomic E-state index is 14.6. The van der Waals surface area contributed by atoms with Crippen LogP contribution < -0.4 is 0 Å².